The summed E-state index contributed by atoms with van der Waals surface area (Å²) in [5, 5.41) is 5.16. The average molecular weight is 326 g/mol. The maximum atomic E-state index is 11.8. The number of aromatic nitrogens is 3. The molecule has 2 aromatic heterocycles. The van der Waals surface area contributed by atoms with Crippen LogP contribution in [0.1, 0.15) is 21.6 Å². The van der Waals surface area contributed by atoms with Gasteiger partial charge in [-0.2, -0.15) is 5.10 Å². The molecule has 0 saturated carbocycles. The predicted molar refractivity (Wildman–Crippen MR) is 88.6 cm³/mol. The van der Waals surface area contributed by atoms with Crippen LogP contribution in [0.4, 0.5) is 0 Å². The molecule has 3 aromatic rings. The quantitative estimate of drug-likeness (QED) is 0.456. The summed E-state index contributed by atoms with van der Waals surface area (Å²) >= 11 is 6.14. The number of rotatable bonds is 3. The molecule has 1 amide bonds. The summed E-state index contributed by atoms with van der Waals surface area (Å²) in [7, 11) is 0. The van der Waals surface area contributed by atoms with Crippen molar-refractivity contribution in [2.24, 2.45) is 5.10 Å². The van der Waals surface area contributed by atoms with Gasteiger partial charge >= 0.3 is 0 Å². The second-order valence-electron chi connectivity index (χ2n) is 4.85. The monoisotopic (exact) mass is 325 g/mol. The number of nitrogens with zero attached hydrogens (tertiary/aromatic N) is 4. The van der Waals surface area contributed by atoms with Crippen LogP contribution in [-0.2, 0) is 0 Å². The molecule has 0 aliphatic heterocycles. The second kappa shape index (κ2) is 6.50. The zero-order valence-electron chi connectivity index (χ0n) is 12.2. The molecule has 0 bridgehead atoms. The van der Waals surface area contributed by atoms with Gasteiger partial charge in [-0.25, -0.2) is 15.4 Å². The minimum atomic E-state index is -0.449. The Hall–Kier alpha value is -2.86. The molecule has 3 rings (SSSR count). The Morgan fingerprint density at radius 3 is 2.96 bits per heavy atom. The van der Waals surface area contributed by atoms with Crippen molar-refractivity contribution in [1.82, 2.24) is 20.4 Å². The molecule has 23 heavy (non-hydrogen) atoms. The van der Waals surface area contributed by atoms with Crippen LogP contribution in [0.25, 0.3) is 10.9 Å². The van der Waals surface area contributed by atoms with Gasteiger partial charge in [0.1, 0.15) is 10.8 Å². The van der Waals surface area contributed by atoms with Crippen LogP contribution >= 0.6 is 11.6 Å². The van der Waals surface area contributed by atoms with E-state index in [4.69, 9.17) is 11.6 Å². The molecule has 0 atom stereocenters. The van der Waals surface area contributed by atoms with Crippen LogP contribution in [0.5, 0.6) is 0 Å². The van der Waals surface area contributed by atoms with E-state index >= 15 is 0 Å². The fraction of sp³-hybridized carbons (Fsp3) is 0.0625. The maximum Gasteiger partial charge on any atom is 0.291 e. The van der Waals surface area contributed by atoms with E-state index in [1.165, 1.54) is 24.8 Å². The number of amides is 1. The summed E-state index contributed by atoms with van der Waals surface area (Å²) in [6.07, 6.45) is 5.73. The van der Waals surface area contributed by atoms with Crippen molar-refractivity contribution in [3.63, 3.8) is 0 Å². The number of nitrogens with one attached hydrogen (secondary N) is 1. The first-order valence-electron chi connectivity index (χ1n) is 6.80. The Morgan fingerprint density at radius 1 is 1.30 bits per heavy atom. The number of carbonyl (C=O) groups excluding carboxylic acids is 1. The maximum absolute atomic E-state index is 11.8. The van der Waals surface area contributed by atoms with Gasteiger partial charge < -0.3 is 0 Å². The molecule has 0 aliphatic rings. The van der Waals surface area contributed by atoms with Crippen molar-refractivity contribution in [1.29, 1.82) is 0 Å². The largest absolute Gasteiger partial charge is 0.291 e. The molecule has 0 radical (unpaired) electrons. The molecule has 2 heterocycles. The Kier molecular flexibility index (Phi) is 4.25. The van der Waals surface area contributed by atoms with Gasteiger partial charge in [0, 0.05) is 23.3 Å². The summed E-state index contributed by atoms with van der Waals surface area (Å²) in [6, 6.07) is 7.76. The first-order chi connectivity index (χ1) is 11.1. The normalized spacial score (nSPS) is 11.0. The molecule has 0 fully saturated rings. The van der Waals surface area contributed by atoms with Gasteiger partial charge in [-0.3, -0.25) is 9.78 Å². The summed E-state index contributed by atoms with van der Waals surface area (Å²) < 4.78 is 0. The second-order valence-corrected chi connectivity index (χ2v) is 5.21. The van der Waals surface area contributed by atoms with Gasteiger partial charge in [-0.15, -0.1) is 0 Å². The SMILES string of the molecule is Cc1ccc2nc(Cl)c(/C=N/NC(=O)c3cnccn3)cc2c1. The van der Waals surface area contributed by atoms with Crippen molar-refractivity contribution >= 4 is 34.6 Å². The van der Waals surface area contributed by atoms with E-state index < -0.39 is 5.91 Å². The lowest BCUT2D eigenvalue weighted by atomic mass is 10.1. The zero-order chi connectivity index (χ0) is 16.2. The van der Waals surface area contributed by atoms with Crippen LogP contribution in [0, 0.1) is 6.92 Å². The molecule has 7 heteroatoms. The Morgan fingerprint density at radius 2 is 2.17 bits per heavy atom. The van der Waals surface area contributed by atoms with Crippen LogP contribution in [0.2, 0.25) is 5.15 Å². The van der Waals surface area contributed by atoms with E-state index in [1.807, 2.05) is 31.2 Å². The van der Waals surface area contributed by atoms with Gasteiger partial charge in [0.15, 0.2) is 0 Å². The molecule has 0 unspecified atom stereocenters. The number of fused-ring (bicyclic) bond motifs is 1. The van der Waals surface area contributed by atoms with Gasteiger partial charge in [0.05, 0.1) is 17.9 Å². The average Bonchev–Trinajstić information content (AvgIpc) is 2.56. The van der Waals surface area contributed by atoms with Crippen molar-refractivity contribution in [2.75, 3.05) is 0 Å². The predicted octanol–water partition coefficient (Wildman–Crippen LogP) is 2.75. The van der Waals surface area contributed by atoms with Crippen LogP contribution < -0.4 is 5.43 Å². The number of hydrogen-bond acceptors (Lipinski definition) is 5. The molecule has 0 saturated heterocycles. The molecule has 114 valence electrons. The Bertz CT molecular complexity index is 896. The molecular formula is C16H12ClN5O. The standard InChI is InChI=1S/C16H12ClN5O/c1-10-2-3-13-11(6-10)7-12(15(17)21-13)8-20-22-16(23)14-9-18-4-5-19-14/h2-9H,1H3,(H,22,23)/b20-8+. The Balaban J connectivity index is 1.80. The first-order valence-corrected chi connectivity index (χ1v) is 7.17. The lowest BCUT2D eigenvalue weighted by Crippen LogP contribution is -2.19. The number of pyridine rings is 1. The van der Waals surface area contributed by atoms with Gasteiger partial charge in [-0.1, -0.05) is 23.2 Å². The smallest absolute Gasteiger partial charge is 0.265 e. The van der Waals surface area contributed by atoms with Crippen LogP contribution in [0.3, 0.4) is 0 Å². The van der Waals surface area contributed by atoms with Crippen molar-refractivity contribution in [2.45, 2.75) is 6.92 Å². The molecule has 1 aromatic carbocycles. The molecular weight excluding hydrogens is 314 g/mol. The molecule has 0 aliphatic carbocycles. The van der Waals surface area contributed by atoms with Crippen LogP contribution in [-0.4, -0.2) is 27.1 Å². The van der Waals surface area contributed by atoms with E-state index in [1.54, 1.807) is 0 Å². The number of aryl methyl sites for hydroxylation is 1. The van der Waals surface area contributed by atoms with E-state index in [-0.39, 0.29) is 5.69 Å². The minimum absolute atomic E-state index is 0.183. The van der Waals surface area contributed by atoms with E-state index in [0.29, 0.717) is 10.7 Å². The fourth-order valence-electron chi connectivity index (χ4n) is 2.01. The van der Waals surface area contributed by atoms with E-state index in [2.05, 4.69) is 25.5 Å². The van der Waals surface area contributed by atoms with Gasteiger partial charge in [0.2, 0.25) is 0 Å². The molecule has 6 nitrogen and oxygen atoms in total. The Labute approximate surface area is 137 Å². The van der Waals surface area contributed by atoms with Crippen molar-refractivity contribution in [3.05, 3.63) is 64.8 Å². The number of hydrogen-bond donors (Lipinski definition) is 1. The first kappa shape index (κ1) is 15.1. The topological polar surface area (TPSA) is 80.1 Å². The molecule has 0 spiro atoms. The summed E-state index contributed by atoms with van der Waals surface area (Å²) in [4.78, 5) is 23.8. The minimum Gasteiger partial charge on any atom is -0.265 e. The van der Waals surface area contributed by atoms with Crippen molar-refractivity contribution in [3.8, 4) is 0 Å². The number of benzene rings is 1. The van der Waals surface area contributed by atoms with E-state index in [0.717, 1.165) is 16.5 Å². The number of hydrazone groups is 1. The number of carbonyl (C=O) groups is 1. The number of halogens is 1. The van der Waals surface area contributed by atoms with Crippen molar-refractivity contribution < 1.29 is 4.79 Å². The molecule has 1 N–H and O–H groups in total. The highest BCUT2D eigenvalue weighted by Crippen LogP contribution is 2.20. The highest BCUT2D eigenvalue weighted by Gasteiger charge is 2.06. The van der Waals surface area contributed by atoms with Gasteiger partial charge in [0.25, 0.3) is 5.91 Å². The summed E-state index contributed by atoms with van der Waals surface area (Å²) in [5.74, 6) is -0.449. The van der Waals surface area contributed by atoms with E-state index in [9.17, 15) is 4.79 Å². The summed E-state index contributed by atoms with van der Waals surface area (Å²) in [6.45, 7) is 2.00. The third kappa shape index (κ3) is 3.49. The van der Waals surface area contributed by atoms with Crippen LogP contribution in [0.15, 0.2) is 48.0 Å². The third-order valence-electron chi connectivity index (χ3n) is 3.12. The highest BCUT2D eigenvalue weighted by molar-refractivity contribution is 6.32. The highest BCUT2D eigenvalue weighted by atomic mass is 35.5. The fourth-order valence-corrected chi connectivity index (χ4v) is 2.21. The summed E-state index contributed by atoms with van der Waals surface area (Å²) in [5.41, 5.74) is 5.11. The lowest BCUT2D eigenvalue weighted by molar-refractivity contribution is 0.0949. The van der Waals surface area contributed by atoms with Gasteiger partial charge in [-0.05, 0) is 25.1 Å². The third-order valence-corrected chi connectivity index (χ3v) is 3.42. The lowest BCUT2D eigenvalue weighted by Gasteiger charge is -2.03. The zero-order valence-corrected chi connectivity index (χ0v) is 12.9.